The van der Waals surface area contributed by atoms with Crippen molar-refractivity contribution in [2.24, 2.45) is 7.05 Å². The molecule has 0 unspecified atom stereocenters. The first-order valence-corrected chi connectivity index (χ1v) is 4.81. The van der Waals surface area contributed by atoms with Crippen LogP contribution in [-0.4, -0.2) is 25.7 Å². The minimum absolute atomic E-state index is 0.274. The molecule has 0 atom stereocenters. The standard InChI is InChI=1S/C9H8ClN5O/c1-15-4-6(11-5-15)9(16)12-8-3-2-7(10)13-14-8/h2-5H,1H3,(H,12,14,16). The van der Waals surface area contributed by atoms with Gasteiger partial charge in [0.2, 0.25) is 0 Å². The van der Waals surface area contributed by atoms with E-state index in [1.807, 2.05) is 0 Å². The van der Waals surface area contributed by atoms with Crippen molar-refractivity contribution in [1.82, 2.24) is 19.7 Å². The van der Waals surface area contributed by atoms with Crippen molar-refractivity contribution in [3.63, 3.8) is 0 Å². The quantitative estimate of drug-likeness (QED) is 0.849. The second kappa shape index (κ2) is 4.28. The Kier molecular flexibility index (Phi) is 2.82. The molecular formula is C9H8ClN5O. The predicted octanol–water partition coefficient (Wildman–Crippen LogP) is 1.12. The molecule has 2 aromatic rings. The van der Waals surface area contributed by atoms with Crippen LogP contribution in [0, 0.1) is 0 Å². The first kappa shape index (κ1) is 10.6. The van der Waals surface area contributed by atoms with Crippen molar-refractivity contribution in [2.45, 2.75) is 0 Å². The molecule has 1 amide bonds. The molecule has 0 saturated carbocycles. The van der Waals surface area contributed by atoms with Crippen LogP contribution in [-0.2, 0) is 7.05 Å². The Bertz CT molecular complexity index is 507. The van der Waals surface area contributed by atoms with E-state index in [9.17, 15) is 4.79 Å². The van der Waals surface area contributed by atoms with E-state index in [2.05, 4.69) is 20.5 Å². The molecule has 0 aliphatic rings. The number of hydrogen-bond donors (Lipinski definition) is 1. The minimum atomic E-state index is -0.336. The SMILES string of the molecule is Cn1cnc(C(=O)Nc2ccc(Cl)nn2)c1. The minimum Gasteiger partial charge on any atom is -0.340 e. The zero-order valence-corrected chi connectivity index (χ0v) is 9.14. The third-order valence-corrected chi connectivity index (χ3v) is 2.01. The lowest BCUT2D eigenvalue weighted by molar-refractivity contribution is 0.102. The topological polar surface area (TPSA) is 72.7 Å². The number of nitrogens with zero attached hydrogens (tertiary/aromatic N) is 4. The highest BCUT2D eigenvalue weighted by Crippen LogP contribution is 2.07. The van der Waals surface area contributed by atoms with Crippen LogP contribution >= 0.6 is 11.6 Å². The van der Waals surface area contributed by atoms with Crippen molar-refractivity contribution < 1.29 is 4.79 Å². The first-order chi connectivity index (χ1) is 7.65. The largest absolute Gasteiger partial charge is 0.340 e. The smallest absolute Gasteiger partial charge is 0.277 e. The maximum absolute atomic E-state index is 11.6. The number of aromatic nitrogens is 4. The van der Waals surface area contributed by atoms with E-state index in [4.69, 9.17) is 11.6 Å². The zero-order chi connectivity index (χ0) is 11.5. The summed E-state index contributed by atoms with van der Waals surface area (Å²) in [5, 5.41) is 10.1. The summed E-state index contributed by atoms with van der Waals surface area (Å²) >= 11 is 5.57. The van der Waals surface area contributed by atoms with Crippen molar-refractivity contribution in [3.05, 3.63) is 35.5 Å². The summed E-state index contributed by atoms with van der Waals surface area (Å²) in [6.07, 6.45) is 3.15. The maximum atomic E-state index is 11.6. The highest BCUT2D eigenvalue weighted by atomic mass is 35.5. The van der Waals surface area contributed by atoms with Gasteiger partial charge in [0.25, 0.3) is 5.91 Å². The van der Waals surface area contributed by atoms with Gasteiger partial charge in [-0.3, -0.25) is 4.79 Å². The lowest BCUT2D eigenvalue weighted by atomic mass is 10.4. The van der Waals surface area contributed by atoms with Gasteiger partial charge in [0.05, 0.1) is 6.33 Å². The van der Waals surface area contributed by atoms with Gasteiger partial charge >= 0.3 is 0 Å². The van der Waals surface area contributed by atoms with E-state index in [1.54, 1.807) is 36.3 Å². The van der Waals surface area contributed by atoms with Crippen molar-refractivity contribution >= 4 is 23.3 Å². The van der Waals surface area contributed by atoms with Crippen LogP contribution < -0.4 is 5.32 Å². The van der Waals surface area contributed by atoms with Crippen LogP contribution in [0.15, 0.2) is 24.7 Å². The molecule has 0 aliphatic heterocycles. The second-order valence-electron chi connectivity index (χ2n) is 3.12. The summed E-state index contributed by atoms with van der Waals surface area (Å²) in [4.78, 5) is 15.5. The average Bonchev–Trinajstić information content (AvgIpc) is 2.68. The lowest BCUT2D eigenvalue weighted by Crippen LogP contribution is -2.13. The van der Waals surface area contributed by atoms with Gasteiger partial charge in [-0.15, -0.1) is 10.2 Å². The summed E-state index contributed by atoms with van der Waals surface area (Å²) in [6, 6.07) is 3.11. The first-order valence-electron chi connectivity index (χ1n) is 4.44. The van der Waals surface area contributed by atoms with Crippen LogP contribution in [0.4, 0.5) is 5.82 Å². The van der Waals surface area contributed by atoms with Gasteiger partial charge < -0.3 is 9.88 Å². The molecule has 0 aromatic carbocycles. The molecule has 2 rings (SSSR count). The van der Waals surface area contributed by atoms with E-state index in [1.165, 1.54) is 0 Å². The van der Waals surface area contributed by atoms with Gasteiger partial charge in [-0.25, -0.2) is 4.98 Å². The molecule has 0 saturated heterocycles. The maximum Gasteiger partial charge on any atom is 0.277 e. The molecule has 82 valence electrons. The Balaban J connectivity index is 2.10. The van der Waals surface area contributed by atoms with Crippen LogP contribution in [0.5, 0.6) is 0 Å². The molecule has 0 fully saturated rings. The number of aryl methyl sites for hydroxylation is 1. The van der Waals surface area contributed by atoms with Crippen molar-refractivity contribution in [3.8, 4) is 0 Å². The Morgan fingerprint density at radius 1 is 1.44 bits per heavy atom. The van der Waals surface area contributed by atoms with Crippen LogP contribution in [0.1, 0.15) is 10.5 Å². The average molecular weight is 238 g/mol. The van der Waals surface area contributed by atoms with Crippen molar-refractivity contribution in [2.75, 3.05) is 5.32 Å². The number of rotatable bonds is 2. The number of anilines is 1. The third-order valence-electron chi connectivity index (χ3n) is 1.81. The van der Waals surface area contributed by atoms with E-state index in [0.29, 0.717) is 11.5 Å². The number of amides is 1. The van der Waals surface area contributed by atoms with Crippen LogP contribution in [0.2, 0.25) is 5.15 Å². The number of hydrogen-bond acceptors (Lipinski definition) is 4. The molecule has 1 N–H and O–H groups in total. The van der Waals surface area contributed by atoms with E-state index in [-0.39, 0.29) is 11.1 Å². The highest BCUT2D eigenvalue weighted by Gasteiger charge is 2.09. The Morgan fingerprint density at radius 2 is 2.25 bits per heavy atom. The Labute approximate surface area is 96.3 Å². The summed E-state index contributed by atoms with van der Waals surface area (Å²) in [7, 11) is 1.78. The molecule has 2 heterocycles. The summed E-state index contributed by atoms with van der Waals surface area (Å²) in [5.74, 6) is -0.00252. The fourth-order valence-electron chi connectivity index (χ4n) is 1.09. The van der Waals surface area contributed by atoms with Gasteiger partial charge in [-0.1, -0.05) is 11.6 Å². The highest BCUT2D eigenvalue weighted by molar-refractivity contribution is 6.29. The van der Waals surface area contributed by atoms with E-state index < -0.39 is 0 Å². The fraction of sp³-hybridized carbons (Fsp3) is 0.111. The molecular weight excluding hydrogens is 230 g/mol. The number of nitrogens with one attached hydrogen (secondary N) is 1. The summed E-state index contributed by atoms with van der Waals surface area (Å²) in [5.41, 5.74) is 0.319. The lowest BCUT2D eigenvalue weighted by Gasteiger charge is -2.00. The van der Waals surface area contributed by atoms with E-state index in [0.717, 1.165) is 0 Å². The van der Waals surface area contributed by atoms with Gasteiger partial charge in [-0.05, 0) is 12.1 Å². The second-order valence-corrected chi connectivity index (χ2v) is 3.51. The number of imidazole rings is 1. The van der Waals surface area contributed by atoms with Gasteiger partial charge in [0.15, 0.2) is 11.0 Å². The summed E-state index contributed by atoms with van der Waals surface area (Å²) in [6.45, 7) is 0. The molecule has 6 nitrogen and oxygen atoms in total. The Morgan fingerprint density at radius 3 is 2.81 bits per heavy atom. The van der Waals surface area contributed by atoms with Crippen LogP contribution in [0.25, 0.3) is 0 Å². The molecule has 0 spiro atoms. The Hall–Kier alpha value is -1.95. The van der Waals surface area contributed by atoms with Crippen LogP contribution in [0.3, 0.4) is 0 Å². The molecule has 0 aliphatic carbocycles. The summed E-state index contributed by atoms with van der Waals surface area (Å²) < 4.78 is 1.68. The normalized spacial score (nSPS) is 10.1. The van der Waals surface area contributed by atoms with Gasteiger partial charge in [0.1, 0.15) is 5.69 Å². The van der Waals surface area contributed by atoms with Gasteiger partial charge in [0, 0.05) is 13.2 Å². The molecule has 7 heteroatoms. The molecule has 0 bridgehead atoms. The third kappa shape index (κ3) is 2.34. The molecule has 0 radical (unpaired) electrons. The number of carbonyl (C=O) groups is 1. The van der Waals surface area contributed by atoms with E-state index >= 15 is 0 Å². The number of carbonyl (C=O) groups excluding carboxylic acids is 1. The fourth-order valence-corrected chi connectivity index (χ4v) is 1.19. The molecule has 2 aromatic heterocycles. The monoisotopic (exact) mass is 237 g/mol. The van der Waals surface area contributed by atoms with Crippen molar-refractivity contribution in [1.29, 1.82) is 0 Å². The zero-order valence-electron chi connectivity index (χ0n) is 8.38. The number of halogens is 1. The predicted molar refractivity (Wildman–Crippen MR) is 58.2 cm³/mol. The van der Waals surface area contributed by atoms with Gasteiger partial charge in [-0.2, -0.15) is 0 Å². The molecule has 16 heavy (non-hydrogen) atoms.